The molecule has 2 heterocycles. The lowest BCUT2D eigenvalue weighted by atomic mass is 10.1. The minimum atomic E-state index is -0.814. The number of nitrogens with zero attached hydrogens (tertiary/aromatic N) is 1. The monoisotopic (exact) mass is 424 g/mol. The van der Waals surface area contributed by atoms with Crippen molar-refractivity contribution in [2.45, 2.75) is 31.7 Å². The highest BCUT2D eigenvalue weighted by Crippen LogP contribution is 2.34. The van der Waals surface area contributed by atoms with Crippen molar-refractivity contribution in [2.24, 2.45) is 0 Å². The molecular weight excluding hydrogens is 400 g/mol. The molecule has 7 heteroatoms. The molecule has 2 N–H and O–H groups in total. The molecule has 0 bridgehead atoms. The number of carboxylic acid groups (broad SMARTS) is 1. The molecule has 0 saturated carbocycles. The van der Waals surface area contributed by atoms with Crippen LogP contribution in [0.2, 0.25) is 0 Å². The first-order chi connectivity index (χ1) is 14.5. The van der Waals surface area contributed by atoms with Crippen molar-refractivity contribution in [3.05, 3.63) is 71.1 Å². The Morgan fingerprint density at radius 2 is 2.07 bits per heavy atom. The molecular formula is C23H24N2O4S. The fourth-order valence-corrected chi connectivity index (χ4v) is 4.54. The number of aliphatic carboxylic acids is 1. The second-order valence-electron chi connectivity index (χ2n) is 7.33. The van der Waals surface area contributed by atoms with E-state index in [9.17, 15) is 4.79 Å². The molecule has 0 spiro atoms. The Bertz CT molecular complexity index is 1030. The third-order valence-electron chi connectivity index (χ3n) is 5.04. The van der Waals surface area contributed by atoms with Crippen LogP contribution in [0.5, 0.6) is 5.75 Å². The number of benzene rings is 2. The summed E-state index contributed by atoms with van der Waals surface area (Å²) in [7, 11) is 0. The predicted molar refractivity (Wildman–Crippen MR) is 117 cm³/mol. The summed E-state index contributed by atoms with van der Waals surface area (Å²) in [5, 5.41) is 12.2. The van der Waals surface area contributed by atoms with Gasteiger partial charge in [0.2, 0.25) is 5.89 Å². The zero-order valence-electron chi connectivity index (χ0n) is 16.9. The molecule has 0 aliphatic carbocycles. The van der Waals surface area contributed by atoms with E-state index in [1.807, 2.05) is 62.4 Å². The van der Waals surface area contributed by atoms with Crippen LogP contribution in [0.3, 0.4) is 0 Å². The first-order valence-corrected chi connectivity index (χ1v) is 10.9. The Balaban J connectivity index is 1.36. The Morgan fingerprint density at radius 1 is 1.27 bits per heavy atom. The first kappa shape index (κ1) is 20.5. The normalized spacial score (nSPS) is 18.5. The van der Waals surface area contributed by atoms with Crippen LogP contribution in [0.4, 0.5) is 0 Å². The molecule has 1 saturated heterocycles. The average molecular weight is 425 g/mol. The zero-order valence-corrected chi connectivity index (χ0v) is 17.7. The highest BCUT2D eigenvalue weighted by molar-refractivity contribution is 7.99. The van der Waals surface area contributed by atoms with Gasteiger partial charge < -0.3 is 14.3 Å². The van der Waals surface area contributed by atoms with Gasteiger partial charge in [0.15, 0.2) is 0 Å². The van der Waals surface area contributed by atoms with E-state index in [-0.39, 0.29) is 5.37 Å². The molecule has 6 nitrogen and oxygen atoms in total. The number of carbonyl (C=O) groups is 1. The lowest BCUT2D eigenvalue weighted by molar-refractivity contribution is -0.138. The zero-order chi connectivity index (χ0) is 21.1. The summed E-state index contributed by atoms with van der Waals surface area (Å²) in [4.78, 5) is 15.8. The fraction of sp³-hybridized carbons (Fsp3) is 0.304. The summed E-state index contributed by atoms with van der Waals surface area (Å²) in [5.74, 6) is 1.93. The molecule has 2 aromatic carbocycles. The summed E-state index contributed by atoms with van der Waals surface area (Å²) in [5.41, 5.74) is 4.06. The van der Waals surface area contributed by atoms with Crippen molar-refractivity contribution in [3.63, 3.8) is 0 Å². The van der Waals surface area contributed by atoms with E-state index in [0.29, 0.717) is 24.7 Å². The number of hydrogen-bond donors (Lipinski definition) is 2. The van der Waals surface area contributed by atoms with E-state index in [2.05, 4.69) is 10.3 Å². The second-order valence-corrected chi connectivity index (χ2v) is 8.47. The van der Waals surface area contributed by atoms with Gasteiger partial charge in [0.25, 0.3) is 0 Å². The SMILES string of the molecule is Cc1ccc(-c2nc(CCOc3cccc(C4N[C@H](C(=O)O)CS4)c3)c(C)o2)cc1. The summed E-state index contributed by atoms with van der Waals surface area (Å²) < 4.78 is 11.8. The van der Waals surface area contributed by atoms with Crippen molar-refractivity contribution in [1.82, 2.24) is 10.3 Å². The molecule has 2 atom stereocenters. The van der Waals surface area contributed by atoms with Crippen molar-refractivity contribution in [2.75, 3.05) is 12.4 Å². The van der Waals surface area contributed by atoms with Gasteiger partial charge in [-0.3, -0.25) is 10.1 Å². The third kappa shape index (κ3) is 4.68. The van der Waals surface area contributed by atoms with Crippen LogP contribution in [0.15, 0.2) is 52.9 Å². The number of hydrogen-bond acceptors (Lipinski definition) is 6. The predicted octanol–water partition coefficient (Wildman–Crippen LogP) is 4.37. The summed E-state index contributed by atoms with van der Waals surface area (Å²) >= 11 is 1.59. The number of nitrogens with one attached hydrogen (secondary N) is 1. The fourth-order valence-electron chi connectivity index (χ4n) is 3.32. The van der Waals surface area contributed by atoms with Gasteiger partial charge in [0.05, 0.1) is 17.7 Å². The maximum absolute atomic E-state index is 11.1. The van der Waals surface area contributed by atoms with Crippen LogP contribution >= 0.6 is 11.8 Å². The highest BCUT2D eigenvalue weighted by Gasteiger charge is 2.30. The smallest absolute Gasteiger partial charge is 0.321 e. The Hall–Kier alpha value is -2.77. The molecule has 1 aromatic heterocycles. The van der Waals surface area contributed by atoms with Gasteiger partial charge in [0, 0.05) is 17.7 Å². The Morgan fingerprint density at radius 3 is 2.80 bits per heavy atom. The van der Waals surface area contributed by atoms with Crippen molar-refractivity contribution >= 4 is 17.7 Å². The number of ether oxygens (including phenoxy) is 1. The van der Waals surface area contributed by atoms with Gasteiger partial charge in [-0.2, -0.15) is 0 Å². The van der Waals surface area contributed by atoms with Gasteiger partial charge >= 0.3 is 5.97 Å². The van der Waals surface area contributed by atoms with Gasteiger partial charge in [0.1, 0.15) is 17.6 Å². The van der Waals surface area contributed by atoms with E-state index < -0.39 is 12.0 Å². The van der Waals surface area contributed by atoms with Crippen LogP contribution in [0.25, 0.3) is 11.5 Å². The minimum Gasteiger partial charge on any atom is -0.493 e. The molecule has 4 rings (SSSR count). The molecule has 30 heavy (non-hydrogen) atoms. The number of thioether (sulfide) groups is 1. The molecule has 1 fully saturated rings. The number of aryl methyl sites for hydroxylation is 2. The van der Waals surface area contributed by atoms with Gasteiger partial charge in [-0.25, -0.2) is 4.98 Å². The van der Waals surface area contributed by atoms with E-state index in [4.69, 9.17) is 14.3 Å². The lowest BCUT2D eigenvalue weighted by Gasteiger charge is -2.13. The topological polar surface area (TPSA) is 84.6 Å². The van der Waals surface area contributed by atoms with Crippen LogP contribution in [-0.2, 0) is 11.2 Å². The van der Waals surface area contributed by atoms with Crippen LogP contribution < -0.4 is 10.1 Å². The molecule has 1 aliphatic rings. The highest BCUT2D eigenvalue weighted by atomic mass is 32.2. The summed E-state index contributed by atoms with van der Waals surface area (Å²) in [6.07, 6.45) is 0.642. The van der Waals surface area contributed by atoms with Gasteiger partial charge in [-0.1, -0.05) is 29.8 Å². The molecule has 0 amide bonds. The maximum atomic E-state index is 11.1. The van der Waals surface area contributed by atoms with Gasteiger partial charge in [-0.05, 0) is 43.7 Å². The largest absolute Gasteiger partial charge is 0.493 e. The Labute approximate surface area is 179 Å². The third-order valence-corrected chi connectivity index (χ3v) is 6.31. The van der Waals surface area contributed by atoms with Crippen molar-refractivity contribution in [1.29, 1.82) is 0 Å². The first-order valence-electron chi connectivity index (χ1n) is 9.86. The molecule has 1 unspecified atom stereocenters. The van der Waals surface area contributed by atoms with E-state index >= 15 is 0 Å². The molecule has 0 radical (unpaired) electrons. The van der Waals surface area contributed by atoms with Crippen molar-refractivity contribution < 1.29 is 19.1 Å². The van der Waals surface area contributed by atoms with E-state index in [1.54, 1.807) is 11.8 Å². The van der Waals surface area contributed by atoms with Crippen molar-refractivity contribution in [3.8, 4) is 17.2 Å². The van der Waals surface area contributed by atoms with E-state index in [0.717, 1.165) is 28.3 Å². The molecule has 3 aromatic rings. The lowest BCUT2D eigenvalue weighted by Crippen LogP contribution is -2.33. The van der Waals surface area contributed by atoms with Crippen LogP contribution in [0, 0.1) is 13.8 Å². The number of oxazole rings is 1. The minimum absolute atomic E-state index is 0.0375. The standard InChI is InChI=1S/C23H24N2O4S/c1-14-6-8-16(9-7-14)21-24-19(15(2)29-21)10-11-28-18-5-3-4-17(12-18)22-25-20(13-30-22)23(26)27/h3-9,12,20,22,25H,10-11,13H2,1-2H3,(H,26,27)/t20-,22?/m0/s1. The molecule has 1 aliphatic heterocycles. The number of rotatable bonds is 7. The summed E-state index contributed by atoms with van der Waals surface area (Å²) in [6, 6.07) is 15.4. The maximum Gasteiger partial charge on any atom is 0.321 e. The molecule has 156 valence electrons. The Kier molecular flexibility index (Phi) is 6.11. The van der Waals surface area contributed by atoms with Crippen LogP contribution in [-0.4, -0.2) is 34.5 Å². The number of aromatic nitrogens is 1. The number of carboxylic acids is 1. The van der Waals surface area contributed by atoms with Crippen LogP contribution in [0.1, 0.15) is 28.0 Å². The average Bonchev–Trinajstić information content (AvgIpc) is 3.37. The quantitative estimate of drug-likeness (QED) is 0.583. The van der Waals surface area contributed by atoms with Gasteiger partial charge in [-0.15, -0.1) is 11.8 Å². The second kappa shape index (κ2) is 8.93. The van der Waals surface area contributed by atoms with E-state index in [1.165, 1.54) is 5.56 Å². The summed E-state index contributed by atoms with van der Waals surface area (Å²) in [6.45, 7) is 4.45.